The highest BCUT2D eigenvalue weighted by molar-refractivity contribution is 8.18. The number of thioether (sulfide) groups is 1. The van der Waals surface area contributed by atoms with E-state index in [2.05, 4.69) is 4.99 Å². The van der Waals surface area contributed by atoms with E-state index in [1.54, 1.807) is 49.4 Å². The van der Waals surface area contributed by atoms with Gasteiger partial charge in [-0.25, -0.2) is 9.79 Å². The summed E-state index contributed by atoms with van der Waals surface area (Å²) < 4.78 is 11.1. The highest BCUT2D eigenvalue weighted by Crippen LogP contribution is 2.40. The molecule has 0 spiro atoms. The maximum absolute atomic E-state index is 12.8. The topological polar surface area (TPSA) is 85.2 Å². The summed E-state index contributed by atoms with van der Waals surface area (Å²) in [5, 5.41) is 11.7. The molecule has 1 heterocycles. The van der Waals surface area contributed by atoms with Crippen LogP contribution < -0.4 is 4.74 Å². The van der Waals surface area contributed by atoms with Crippen LogP contribution in [0, 0.1) is 6.92 Å². The number of aliphatic imine (C=N–C) groups is 1. The van der Waals surface area contributed by atoms with E-state index in [0.717, 1.165) is 22.9 Å². The molecule has 0 saturated carbocycles. The summed E-state index contributed by atoms with van der Waals surface area (Å²) in [5.41, 5.74) is 2.86. The molecule has 188 valence electrons. The highest BCUT2D eigenvalue weighted by atomic mass is 35.5. The zero-order valence-corrected chi connectivity index (χ0v) is 21.8. The molecular weight excluding hydrogens is 510 g/mol. The molecule has 0 aliphatic carbocycles. The quantitative estimate of drug-likeness (QED) is 0.331. The number of para-hydroxylation sites is 1. The van der Waals surface area contributed by atoms with Crippen LogP contribution in [0.4, 0.5) is 0 Å². The minimum absolute atomic E-state index is 0.0762. The number of benzene rings is 3. The van der Waals surface area contributed by atoms with Crippen molar-refractivity contribution in [3.05, 3.63) is 116 Å². The van der Waals surface area contributed by atoms with Crippen molar-refractivity contribution in [1.82, 2.24) is 0 Å². The third-order valence-corrected chi connectivity index (χ3v) is 6.66. The number of hydrogen-bond donors (Lipinski definition) is 1. The molecule has 1 amide bonds. The molecule has 1 aliphatic rings. The summed E-state index contributed by atoms with van der Waals surface area (Å²) in [7, 11) is 0. The Morgan fingerprint density at radius 1 is 1.03 bits per heavy atom. The second-order valence-electron chi connectivity index (χ2n) is 8.10. The van der Waals surface area contributed by atoms with Gasteiger partial charge in [-0.05, 0) is 55.8 Å². The Bertz CT molecular complexity index is 1410. The minimum atomic E-state index is -0.751. The van der Waals surface area contributed by atoms with Gasteiger partial charge in [-0.3, -0.25) is 4.79 Å². The third-order valence-electron chi connectivity index (χ3n) is 5.39. The van der Waals surface area contributed by atoms with E-state index >= 15 is 0 Å². The van der Waals surface area contributed by atoms with Crippen molar-refractivity contribution in [2.45, 2.75) is 20.5 Å². The van der Waals surface area contributed by atoms with Crippen molar-refractivity contribution >= 4 is 46.4 Å². The van der Waals surface area contributed by atoms with E-state index in [1.165, 1.54) is 0 Å². The molecule has 0 unspecified atom stereocenters. The van der Waals surface area contributed by atoms with Gasteiger partial charge in [0.15, 0.2) is 0 Å². The normalized spacial score (nSPS) is 15.3. The Balaban J connectivity index is 1.65. The molecule has 0 bridgehead atoms. The van der Waals surface area contributed by atoms with Gasteiger partial charge in [0.2, 0.25) is 0 Å². The number of esters is 1. The van der Waals surface area contributed by atoms with Gasteiger partial charge in [-0.2, -0.15) is 0 Å². The first-order valence-corrected chi connectivity index (χ1v) is 12.7. The van der Waals surface area contributed by atoms with Crippen LogP contribution in [0.5, 0.6) is 5.75 Å². The molecular formula is C29H24ClNO5S. The summed E-state index contributed by atoms with van der Waals surface area (Å²) in [4.78, 5) is 30.0. The van der Waals surface area contributed by atoms with E-state index in [4.69, 9.17) is 21.1 Å². The van der Waals surface area contributed by atoms with Crippen LogP contribution in [0.2, 0.25) is 5.02 Å². The van der Waals surface area contributed by atoms with Gasteiger partial charge >= 0.3 is 5.97 Å². The van der Waals surface area contributed by atoms with Gasteiger partial charge in [0, 0.05) is 16.1 Å². The van der Waals surface area contributed by atoms with E-state index < -0.39 is 11.9 Å². The fourth-order valence-corrected chi connectivity index (χ4v) is 4.59. The predicted octanol–water partition coefficient (Wildman–Crippen LogP) is 6.93. The lowest BCUT2D eigenvalue weighted by Gasteiger charge is -2.10. The summed E-state index contributed by atoms with van der Waals surface area (Å²) in [6.45, 7) is 4.01. The minimum Gasteiger partial charge on any atom is -0.506 e. The molecule has 8 heteroatoms. The number of ether oxygens (including phenoxy) is 2. The van der Waals surface area contributed by atoms with Gasteiger partial charge in [-0.1, -0.05) is 71.4 Å². The first kappa shape index (κ1) is 26.3. The zero-order valence-electron chi connectivity index (χ0n) is 20.2. The third kappa shape index (κ3) is 6.50. The summed E-state index contributed by atoms with van der Waals surface area (Å²) in [6, 6.07) is 21.6. The fourth-order valence-electron chi connectivity index (χ4n) is 3.46. The second-order valence-corrected chi connectivity index (χ2v) is 9.56. The van der Waals surface area contributed by atoms with Crippen LogP contribution in [0.3, 0.4) is 0 Å². The van der Waals surface area contributed by atoms with Crippen LogP contribution in [-0.4, -0.2) is 28.6 Å². The Labute approximate surface area is 224 Å². The van der Waals surface area contributed by atoms with Crippen molar-refractivity contribution in [3.63, 3.8) is 0 Å². The number of aryl methyl sites for hydroxylation is 1. The van der Waals surface area contributed by atoms with Crippen LogP contribution in [-0.2, 0) is 16.1 Å². The molecule has 6 nitrogen and oxygen atoms in total. The van der Waals surface area contributed by atoms with E-state index in [9.17, 15) is 14.7 Å². The average Bonchev–Trinajstić information content (AvgIpc) is 3.19. The molecule has 1 N–H and O–H groups in total. The number of halogens is 1. The fraction of sp³-hybridized carbons (Fsp3) is 0.138. The molecule has 37 heavy (non-hydrogen) atoms. The van der Waals surface area contributed by atoms with Crippen LogP contribution in [0.15, 0.2) is 94.0 Å². The van der Waals surface area contributed by atoms with Crippen molar-refractivity contribution in [2.24, 2.45) is 4.99 Å². The maximum atomic E-state index is 12.8. The lowest BCUT2D eigenvalue weighted by atomic mass is 10.1. The number of aliphatic hydroxyl groups is 1. The monoisotopic (exact) mass is 533 g/mol. The maximum Gasteiger partial charge on any atom is 0.344 e. The number of hydrogen-bond acceptors (Lipinski definition) is 6. The van der Waals surface area contributed by atoms with Crippen molar-refractivity contribution in [2.75, 3.05) is 6.61 Å². The molecule has 0 fully saturated rings. The Hall–Kier alpha value is -3.81. The Kier molecular flexibility index (Phi) is 8.48. The molecule has 0 atom stereocenters. The lowest BCUT2D eigenvalue weighted by molar-refractivity contribution is -0.138. The standard InChI is InChI=1S/C29H24ClNO5S/c1-3-35-29(34)25-26(32)24(37-28(25)31-27(33)20-12-8-18(2)9-13-20)16-21-6-4-5-7-23(21)36-17-19-10-14-22(30)15-11-19/h4-16,32H,3,17H2,1-2H3/b24-16-,31-28?. The largest absolute Gasteiger partial charge is 0.506 e. The number of carbonyl (C=O) groups is 2. The van der Waals surface area contributed by atoms with Gasteiger partial charge in [-0.15, -0.1) is 0 Å². The number of carbonyl (C=O) groups excluding carboxylic acids is 2. The molecule has 1 aliphatic heterocycles. The zero-order chi connectivity index (χ0) is 26.4. The van der Waals surface area contributed by atoms with E-state index in [1.807, 2.05) is 43.3 Å². The number of rotatable bonds is 7. The van der Waals surface area contributed by atoms with Crippen LogP contribution in [0.1, 0.15) is 34.0 Å². The van der Waals surface area contributed by atoms with Gasteiger partial charge in [0.25, 0.3) is 5.91 Å². The van der Waals surface area contributed by atoms with Gasteiger partial charge in [0.05, 0.1) is 11.5 Å². The highest BCUT2D eigenvalue weighted by Gasteiger charge is 2.34. The molecule has 4 rings (SSSR count). The molecule has 3 aromatic carbocycles. The number of amides is 1. The summed E-state index contributed by atoms with van der Waals surface area (Å²) in [5.74, 6) is -0.993. The SMILES string of the molecule is CCOC(=O)C1=C(O)/C(=C/c2ccccc2OCc2ccc(Cl)cc2)SC1=NC(=O)c1ccc(C)cc1. The smallest absolute Gasteiger partial charge is 0.344 e. The van der Waals surface area contributed by atoms with Crippen molar-refractivity contribution in [1.29, 1.82) is 0 Å². The van der Waals surface area contributed by atoms with E-state index in [0.29, 0.717) is 33.4 Å². The predicted molar refractivity (Wildman–Crippen MR) is 147 cm³/mol. The number of nitrogens with zero attached hydrogens (tertiary/aromatic N) is 1. The second kappa shape index (κ2) is 12.0. The van der Waals surface area contributed by atoms with Crippen LogP contribution >= 0.6 is 23.4 Å². The average molecular weight is 534 g/mol. The van der Waals surface area contributed by atoms with Gasteiger partial charge in [0.1, 0.15) is 28.7 Å². The Morgan fingerprint density at radius 3 is 2.43 bits per heavy atom. The molecule has 3 aromatic rings. The van der Waals surface area contributed by atoms with Crippen LogP contribution in [0.25, 0.3) is 6.08 Å². The molecule has 0 saturated heterocycles. The summed E-state index contributed by atoms with van der Waals surface area (Å²) in [6.07, 6.45) is 1.69. The molecule has 0 aromatic heterocycles. The number of aliphatic hydroxyl groups excluding tert-OH is 1. The first-order chi connectivity index (χ1) is 17.9. The van der Waals surface area contributed by atoms with Gasteiger partial charge < -0.3 is 14.6 Å². The Morgan fingerprint density at radius 2 is 1.73 bits per heavy atom. The van der Waals surface area contributed by atoms with E-state index in [-0.39, 0.29) is 23.0 Å². The molecule has 0 radical (unpaired) electrons. The lowest BCUT2D eigenvalue weighted by Crippen LogP contribution is -2.14. The van der Waals surface area contributed by atoms with Crippen molar-refractivity contribution < 1.29 is 24.2 Å². The van der Waals surface area contributed by atoms with Crippen molar-refractivity contribution in [3.8, 4) is 5.75 Å². The first-order valence-electron chi connectivity index (χ1n) is 11.5. The summed E-state index contributed by atoms with van der Waals surface area (Å²) >= 11 is 6.98.